The maximum atomic E-state index is 5.97. The van der Waals surface area contributed by atoms with Crippen LogP contribution in [0.25, 0.3) is 0 Å². The van der Waals surface area contributed by atoms with E-state index in [0.29, 0.717) is 5.15 Å². The van der Waals surface area contributed by atoms with Crippen LogP contribution in [0, 0.1) is 0 Å². The van der Waals surface area contributed by atoms with E-state index in [0.717, 1.165) is 33.0 Å². The van der Waals surface area contributed by atoms with Gasteiger partial charge in [0.15, 0.2) is 15.3 Å². The molecule has 0 radical (unpaired) electrons. The smallest absolute Gasteiger partial charge is 0.190 e. The molecule has 21 heavy (non-hydrogen) atoms. The summed E-state index contributed by atoms with van der Waals surface area (Å²) in [4.78, 5) is 0.979. The van der Waals surface area contributed by atoms with Gasteiger partial charge in [0.25, 0.3) is 0 Å². The van der Waals surface area contributed by atoms with E-state index in [1.54, 1.807) is 23.5 Å². The number of anilines is 2. The zero-order chi connectivity index (χ0) is 14.7. The lowest BCUT2D eigenvalue weighted by atomic mass is 10.3. The minimum atomic E-state index is 0.399. The van der Waals surface area contributed by atoms with E-state index in [2.05, 4.69) is 17.1 Å². The molecule has 0 amide bonds. The Kier molecular flexibility index (Phi) is 4.67. The largest absolute Gasteiger partial charge is 0.211 e. The van der Waals surface area contributed by atoms with Crippen molar-refractivity contribution in [2.45, 2.75) is 18.2 Å². The molecule has 0 fully saturated rings. The molecule has 0 unspecified atom stereocenters. The van der Waals surface area contributed by atoms with Gasteiger partial charge in [-0.25, -0.2) is 5.01 Å². The first-order valence-electron chi connectivity index (χ1n) is 6.55. The number of halogens is 1. The van der Waals surface area contributed by atoms with Crippen molar-refractivity contribution in [3.05, 3.63) is 41.6 Å². The normalized spacial score (nSPS) is 13.8. The lowest BCUT2D eigenvalue weighted by molar-refractivity contribution is 0.922. The number of benzene rings is 1. The van der Waals surface area contributed by atoms with Crippen LogP contribution in [-0.4, -0.2) is 20.3 Å². The molecule has 1 aromatic carbocycles. The van der Waals surface area contributed by atoms with Crippen LogP contribution < -0.4 is 5.01 Å². The maximum Gasteiger partial charge on any atom is 0.190 e. The summed E-state index contributed by atoms with van der Waals surface area (Å²) in [5.41, 5.74) is 0.963. The van der Waals surface area contributed by atoms with Crippen LogP contribution in [0.3, 0.4) is 0 Å². The van der Waals surface area contributed by atoms with Crippen LogP contribution in [0.15, 0.2) is 46.4 Å². The van der Waals surface area contributed by atoms with Gasteiger partial charge in [0.2, 0.25) is 0 Å². The van der Waals surface area contributed by atoms with Gasteiger partial charge in [-0.15, -0.1) is 10.2 Å². The van der Waals surface area contributed by atoms with Crippen LogP contribution >= 0.6 is 35.1 Å². The van der Waals surface area contributed by atoms with E-state index in [4.69, 9.17) is 16.7 Å². The number of thioether (sulfide) groups is 2. The first kappa shape index (κ1) is 14.7. The van der Waals surface area contributed by atoms with Gasteiger partial charge >= 0.3 is 0 Å². The Balaban J connectivity index is 2.01. The first-order chi connectivity index (χ1) is 10.3. The molecule has 7 heteroatoms. The van der Waals surface area contributed by atoms with Crippen molar-refractivity contribution in [3.8, 4) is 0 Å². The summed E-state index contributed by atoms with van der Waals surface area (Å²) in [6.45, 7) is 2.16. The Morgan fingerprint density at radius 2 is 2.05 bits per heavy atom. The fourth-order valence-electron chi connectivity index (χ4n) is 1.81. The predicted molar refractivity (Wildman–Crippen MR) is 91.7 cm³/mol. The third-order valence-corrected chi connectivity index (χ3v) is 5.23. The number of hydrogen-bond donors (Lipinski definition) is 0. The van der Waals surface area contributed by atoms with Gasteiger partial charge in [0, 0.05) is 0 Å². The highest BCUT2D eigenvalue weighted by Gasteiger charge is 2.24. The minimum absolute atomic E-state index is 0.399. The Morgan fingerprint density at radius 1 is 1.24 bits per heavy atom. The molecule has 108 valence electrons. The summed E-state index contributed by atoms with van der Waals surface area (Å²) in [6.07, 6.45) is 1.11. The summed E-state index contributed by atoms with van der Waals surface area (Å²) in [5.74, 6) is 1.76. The van der Waals surface area contributed by atoms with Gasteiger partial charge in [-0.3, -0.25) is 0 Å². The number of fused-ring (bicyclic) bond motifs is 1. The minimum Gasteiger partial charge on any atom is -0.211 e. The highest BCUT2D eigenvalue weighted by molar-refractivity contribution is 8.39. The SMILES string of the molecule is CCCSC1=NN(c2ccccc2)c2nnc(Cl)cc2S1. The van der Waals surface area contributed by atoms with Gasteiger partial charge in [0.1, 0.15) is 0 Å². The molecule has 0 N–H and O–H groups in total. The number of hydrazone groups is 1. The lowest BCUT2D eigenvalue weighted by Gasteiger charge is -2.25. The zero-order valence-electron chi connectivity index (χ0n) is 11.4. The van der Waals surface area contributed by atoms with Crippen molar-refractivity contribution in [2.75, 3.05) is 10.8 Å². The van der Waals surface area contributed by atoms with Gasteiger partial charge in [-0.05, 0) is 30.4 Å². The van der Waals surface area contributed by atoms with Gasteiger partial charge in [-0.2, -0.15) is 5.10 Å². The Bertz CT molecular complexity index is 663. The lowest BCUT2D eigenvalue weighted by Crippen LogP contribution is -2.17. The van der Waals surface area contributed by atoms with Crippen molar-refractivity contribution in [2.24, 2.45) is 5.10 Å². The maximum absolute atomic E-state index is 5.97. The van der Waals surface area contributed by atoms with E-state index >= 15 is 0 Å². The third kappa shape index (κ3) is 3.33. The van der Waals surface area contributed by atoms with Gasteiger partial charge < -0.3 is 0 Å². The number of hydrogen-bond acceptors (Lipinski definition) is 6. The molecule has 2 heterocycles. The summed E-state index contributed by atoms with van der Waals surface area (Å²) < 4.78 is 0.997. The molecule has 0 atom stereocenters. The first-order valence-corrected chi connectivity index (χ1v) is 8.73. The van der Waals surface area contributed by atoms with Crippen LogP contribution in [0.4, 0.5) is 11.5 Å². The molecule has 0 bridgehead atoms. The number of aromatic nitrogens is 2. The highest BCUT2D eigenvalue weighted by atomic mass is 35.5. The summed E-state index contributed by atoms with van der Waals surface area (Å²) >= 11 is 9.31. The molecule has 4 nitrogen and oxygen atoms in total. The zero-order valence-corrected chi connectivity index (χ0v) is 13.8. The molecular weight excluding hydrogens is 324 g/mol. The molecule has 1 aromatic heterocycles. The predicted octanol–water partition coefficient (Wildman–Crippen LogP) is 4.79. The molecule has 0 saturated heterocycles. The Labute approximate surface area is 137 Å². The van der Waals surface area contributed by atoms with Crippen LogP contribution in [0.1, 0.15) is 13.3 Å². The monoisotopic (exact) mass is 336 g/mol. The average Bonchev–Trinajstić information content (AvgIpc) is 2.52. The van der Waals surface area contributed by atoms with Crippen LogP contribution in [0.2, 0.25) is 5.15 Å². The van der Waals surface area contributed by atoms with Crippen molar-refractivity contribution < 1.29 is 0 Å². The second-order valence-corrected chi connectivity index (χ2v) is 7.08. The third-order valence-electron chi connectivity index (χ3n) is 2.72. The fraction of sp³-hybridized carbons (Fsp3) is 0.214. The van der Waals surface area contributed by atoms with Crippen molar-refractivity contribution in [1.29, 1.82) is 0 Å². The highest BCUT2D eigenvalue weighted by Crippen LogP contribution is 2.41. The Morgan fingerprint density at radius 3 is 2.81 bits per heavy atom. The van der Waals surface area contributed by atoms with E-state index < -0.39 is 0 Å². The molecule has 1 aliphatic rings. The van der Waals surface area contributed by atoms with Crippen molar-refractivity contribution >= 4 is 51.0 Å². The number of nitrogens with zero attached hydrogens (tertiary/aromatic N) is 4. The van der Waals surface area contributed by atoms with Gasteiger partial charge in [0.05, 0.1) is 10.6 Å². The number of rotatable bonds is 3. The van der Waals surface area contributed by atoms with E-state index in [1.165, 1.54) is 0 Å². The molecule has 1 aliphatic heterocycles. The molecule has 3 rings (SSSR count). The average molecular weight is 337 g/mol. The van der Waals surface area contributed by atoms with Crippen molar-refractivity contribution in [3.63, 3.8) is 0 Å². The second kappa shape index (κ2) is 6.68. The summed E-state index contributed by atoms with van der Waals surface area (Å²) in [5, 5.41) is 15.1. The molecule has 0 saturated carbocycles. The summed E-state index contributed by atoms with van der Waals surface area (Å²) in [6, 6.07) is 11.8. The van der Waals surface area contributed by atoms with Crippen LogP contribution in [-0.2, 0) is 0 Å². The summed E-state index contributed by atoms with van der Waals surface area (Å²) in [7, 11) is 0. The molecule has 0 aliphatic carbocycles. The van der Waals surface area contributed by atoms with Gasteiger partial charge in [-0.1, -0.05) is 60.2 Å². The van der Waals surface area contributed by atoms with E-state index in [-0.39, 0.29) is 0 Å². The second-order valence-electron chi connectivity index (χ2n) is 4.32. The topological polar surface area (TPSA) is 41.4 Å². The molecular formula is C14H13ClN4S2. The number of para-hydroxylation sites is 1. The van der Waals surface area contributed by atoms with E-state index in [9.17, 15) is 0 Å². The van der Waals surface area contributed by atoms with Crippen LogP contribution in [0.5, 0.6) is 0 Å². The quantitative estimate of drug-likeness (QED) is 0.806. The standard InChI is InChI=1S/C14H13ClN4S2/c1-2-8-20-14-18-19(10-6-4-3-5-7-10)13-11(21-14)9-12(15)16-17-13/h3-7,9H,2,8H2,1H3. The van der Waals surface area contributed by atoms with Crippen molar-refractivity contribution in [1.82, 2.24) is 10.2 Å². The van der Waals surface area contributed by atoms with E-state index in [1.807, 2.05) is 41.4 Å². The Hall–Kier alpha value is -1.24. The fourth-order valence-corrected chi connectivity index (χ4v) is 3.99. The molecule has 0 spiro atoms. The molecule has 2 aromatic rings.